The molecule has 2 fully saturated rings. The SMILES string of the molecule is Cc1ccc(CNC(=O)CN2C(=O)NC3(CCC(C(C)(C)C)CC3)C2=O)s1. The minimum atomic E-state index is -0.815. The molecule has 1 aliphatic carbocycles. The van der Waals surface area contributed by atoms with Crippen molar-refractivity contribution in [2.24, 2.45) is 11.3 Å². The normalized spacial score (nSPS) is 25.8. The molecule has 1 aliphatic heterocycles. The summed E-state index contributed by atoms with van der Waals surface area (Å²) in [6.45, 7) is 8.86. The molecule has 4 amide bonds. The summed E-state index contributed by atoms with van der Waals surface area (Å²) >= 11 is 1.62. The second-order valence-corrected chi connectivity index (χ2v) is 10.2. The number of hydrogen-bond acceptors (Lipinski definition) is 4. The molecule has 148 valence electrons. The summed E-state index contributed by atoms with van der Waals surface area (Å²) in [7, 11) is 0. The van der Waals surface area contributed by atoms with E-state index in [1.165, 1.54) is 4.88 Å². The van der Waals surface area contributed by atoms with Crippen LogP contribution in [0.5, 0.6) is 0 Å². The van der Waals surface area contributed by atoms with Crippen molar-refractivity contribution >= 4 is 29.2 Å². The highest BCUT2D eigenvalue weighted by Gasteiger charge is 2.53. The van der Waals surface area contributed by atoms with Crippen LogP contribution in [0.1, 0.15) is 56.2 Å². The zero-order valence-electron chi connectivity index (χ0n) is 16.6. The summed E-state index contributed by atoms with van der Waals surface area (Å²) in [5.74, 6) is -0.0219. The fourth-order valence-corrected chi connectivity index (χ4v) is 4.93. The molecule has 7 heteroatoms. The lowest BCUT2D eigenvalue weighted by molar-refractivity contribution is -0.136. The van der Waals surface area contributed by atoms with Gasteiger partial charge in [-0.2, -0.15) is 0 Å². The predicted molar refractivity (Wildman–Crippen MR) is 105 cm³/mol. The molecule has 1 aromatic rings. The Balaban J connectivity index is 1.57. The first kappa shape index (κ1) is 19.9. The average Bonchev–Trinajstić information content (AvgIpc) is 3.10. The largest absolute Gasteiger partial charge is 0.350 e. The first-order valence-corrected chi connectivity index (χ1v) is 10.4. The van der Waals surface area contributed by atoms with Crippen molar-refractivity contribution in [2.75, 3.05) is 6.54 Å². The van der Waals surface area contributed by atoms with E-state index in [4.69, 9.17) is 0 Å². The average molecular weight is 392 g/mol. The minimum absolute atomic E-state index is 0.201. The minimum Gasteiger partial charge on any atom is -0.350 e. The molecule has 3 rings (SSSR count). The Morgan fingerprint density at radius 2 is 1.96 bits per heavy atom. The number of carbonyl (C=O) groups is 3. The summed E-state index contributed by atoms with van der Waals surface area (Å²) in [5.41, 5.74) is -0.614. The van der Waals surface area contributed by atoms with Crippen LogP contribution in [0.4, 0.5) is 4.79 Å². The molecule has 6 nitrogen and oxygen atoms in total. The van der Waals surface area contributed by atoms with Crippen molar-refractivity contribution in [1.29, 1.82) is 0 Å². The van der Waals surface area contributed by atoms with E-state index < -0.39 is 11.6 Å². The number of amides is 4. The lowest BCUT2D eigenvalue weighted by atomic mass is 9.67. The van der Waals surface area contributed by atoms with Crippen LogP contribution in [0.15, 0.2) is 12.1 Å². The fraction of sp³-hybridized carbons (Fsp3) is 0.650. The molecular formula is C20H29N3O3S. The van der Waals surface area contributed by atoms with E-state index >= 15 is 0 Å². The van der Waals surface area contributed by atoms with Crippen LogP contribution in [0.25, 0.3) is 0 Å². The van der Waals surface area contributed by atoms with Crippen molar-refractivity contribution in [2.45, 2.75) is 65.5 Å². The highest BCUT2D eigenvalue weighted by molar-refractivity contribution is 7.11. The number of nitrogens with one attached hydrogen (secondary N) is 2. The maximum absolute atomic E-state index is 12.9. The van der Waals surface area contributed by atoms with Crippen LogP contribution >= 0.6 is 11.3 Å². The number of aryl methyl sites for hydroxylation is 1. The third-order valence-corrected chi connectivity index (χ3v) is 6.87. The van der Waals surface area contributed by atoms with Gasteiger partial charge in [0.25, 0.3) is 5.91 Å². The smallest absolute Gasteiger partial charge is 0.325 e. The molecule has 1 spiro atoms. The van der Waals surface area contributed by atoms with E-state index in [9.17, 15) is 14.4 Å². The first-order chi connectivity index (χ1) is 12.6. The third kappa shape index (κ3) is 4.18. The molecule has 27 heavy (non-hydrogen) atoms. The van der Waals surface area contributed by atoms with Gasteiger partial charge in [-0.05, 0) is 56.1 Å². The van der Waals surface area contributed by atoms with Gasteiger partial charge in [-0.1, -0.05) is 20.8 Å². The number of carbonyl (C=O) groups excluding carboxylic acids is 3. The van der Waals surface area contributed by atoms with Gasteiger partial charge in [0.05, 0.1) is 6.54 Å². The van der Waals surface area contributed by atoms with E-state index in [1.807, 2.05) is 19.1 Å². The molecule has 0 unspecified atom stereocenters. The van der Waals surface area contributed by atoms with E-state index in [0.29, 0.717) is 25.3 Å². The molecule has 0 bridgehead atoms. The highest BCUT2D eigenvalue weighted by atomic mass is 32.1. The lowest BCUT2D eigenvalue weighted by Crippen LogP contribution is -2.51. The van der Waals surface area contributed by atoms with Crippen molar-refractivity contribution in [3.63, 3.8) is 0 Å². The molecule has 2 N–H and O–H groups in total. The number of nitrogens with zero attached hydrogens (tertiary/aromatic N) is 1. The van der Waals surface area contributed by atoms with Crippen molar-refractivity contribution < 1.29 is 14.4 Å². The number of rotatable bonds is 4. The fourth-order valence-electron chi connectivity index (χ4n) is 4.10. The van der Waals surface area contributed by atoms with Crippen LogP contribution in [0.2, 0.25) is 0 Å². The summed E-state index contributed by atoms with van der Waals surface area (Å²) in [6.07, 6.45) is 3.11. The van der Waals surface area contributed by atoms with Gasteiger partial charge >= 0.3 is 6.03 Å². The second-order valence-electron chi connectivity index (χ2n) is 8.83. The first-order valence-electron chi connectivity index (χ1n) is 9.57. The Kier molecular flexibility index (Phi) is 5.34. The van der Waals surface area contributed by atoms with Gasteiger partial charge in [0, 0.05) is 9.75 Å². The van der Waals surface area contributed by atoms with E-state index in [2.05, 4.69) is 31.4 Å². The van der Waals surface area contributed by atoms with Crippen LogP contribution in [-0.4, -0.2) is 34.8 Å². The molecule has 0 atom stereocenters. The number of hydrogen-bond donors (Lipinski definition) is 2. The molecule has 1 saturated heterocycles. The van der Waals surface area contributed by atoms with Gasteiger partial charge in [0.15, 0.2) is 0 Å². The van der Waals surface area contributed by atoms with Gasteiger partial charge in [0.1, 0.15) is 12.1 Å². The van der Waals surface area contributed by atoms with Gasteiger partial charge in [-0.3, -0.25) is 14.5 Å². The second kappa shape index (κ2) is 7.26. The highest BCUT2D eigenvalue weighted by Crippen LogP contribution is 2.43. The van der Waals surface area contributed by atoms with Crippen molar-refractivity contribution in [3.8, 4) is 0 Å². The van der Waals surface area contributed by atoms with Crippen LogP contribution in [-0.2, 0) is 16.1 Å². The standard InChI is InChI=1S/C20H29N3O3S/c1-13-5-6-15(27-13)11-21-16(24)12-23-17(25)20(22-18(23)26)9-7-14(8-10-20)19(2,3)4/h5-6,14H,7-12H2,1-4H3,(H,21,24)(H,22,26). The van der Waals surface area contributed by atoms with Gasteiger partial charge in [0.2, 0.25) is 5.91 Å². The number of imide groups is 1. The third-order valence-electron chi connectivity index (χ3n) is 5.87. The zero-order valence-corrected chi connectivity index (χ0v) is 17.4. The Morgan fingerprint density at radius 1 is 1.30 bits per heavy atom. The Morgan fingerprint density at radius 3 is 2.52 bits per heavy atom. The topological polar surface area (TPSA) is 78.5 Å². The predicted octanol–water partition coefficient (Wildman–Crippen LogP) is 3.20. The maximum atomic E-state index is 12.9. The molecule has 2 aliphatic rings. The molecule has 1 saturated carbocycles. The summed E-state index contributed by atoms with van der Waals surface area (Å²) < 4.78 is 0. The number of thiophene rings is 1. The molecule has 0 radical (unpaired) electrons. The van der Waals surface area contributed by atoms with Crippen LogP contribution in [0.3, 0.4) is 0 Å². The van der Waals surface area contributed by atoms with Gasteiger partial charge < -0.3 is 10.6 Å². The van der Waals surface area contributed by atoms with Crippen molar-refractivity contribution in [3.05, 3.63) is 21.9 Å². The van der Waals surface area contributed by atoms with E-state index in [1.54, 1.807) is 11.3 Å². The Labute approximate surface area is 164 Å². The van der Waals surface area contributed by atoms with Gasteiger partial charge in [-0.25, -0.2) is 4.79 Å². The summed E-state index contributed by atoms with van der Waals surface area (Å²) in [6, 6.07) is 3.52. The van der Waals surface area contributed by atoms with Gasteiger partial charge in [-0.15, -0.1) is 11.3 Å². The van der Waals surface area contributed by atoms with Crippen molar-refractivity contribution in [1.82, 2.24) is 15.5 Å². The van der Waals surface area contributed by atoms with E-state index in [-0.39, 0.29) is 23.8 Å². The number of urea groups is 1. The van der Waals surface area contributed by atoms with Crippen LogP contribution in [0, 0.1) is 18.3 Å². The molecular weight excluding hydrogens is 362 g/mol. The summed E-state index contributed by atoms with van der Waals surface area (Å²) in [5, 5.41) is 5.68. The van der Waals surface area contributed by atoms with Crippen LogP contribution < -0.4 is 10.6 Å². The Hall–Kier alpha value is -1.89. The quantitative estimate of drug-likeness (QED) is 0.774. The molecule has 1 aromatic heterocycles. The monoisotopic (exact) mass is 391 g/mol. The van der Waals surface area contributed by atoms with E-state index in [0.717, 1.165) is 22.6 Å². The summed E-state index contributed by atoms with van der Waals surface area (Å²) in [4.78, 5) is 40.8. The molecule has 2 heterocycles. The maximum Gasteiger partial charge on any atom is 0.325 e. The molecule has 0 aromatic carbocycles. The Bertz CT molecular complexity index is 742. The zero-order chi connectivity index (χ0) is 19.8. The lowest BCUT2D eigenvalue weighted by Gasteiger charge is -2.40.